The van der Waals surface area contributed by atoms with E-state index >= 15 is 0 Å². The number of hydrogen-bond acceptors (Lipinski definition) is 2. The Labute approximate surface area is 110 Å². The monoisotopic (exact) mass is 320 g/mol. The van der Waals surface area contributed by atoms with Gasteiger partial charge in [0.1, 0.15) is 16.3 Å². The first-order valence-corrected chi connectivity index (χ1v) is 6.45. The van der Waals surface area contributed by atoms with Crippen molar-refractivity contribution in [3.8, 4) is 0 Å². The number of aliphatic hydroxyl groups is 1. The molecule has 0 aliphatic heterocycles. The smallest absolute Gasteiger partial charge is 0.123 e. The van der Waals surface area contributed by atoms with E-state index in [1.807, 2.05) is 0 Å². The lowest BCUT2D eigenvalue weighted by atomic mass is 10.1. The molecule has 1 heterocycles. The molecular weight excluding hydrogens is 315 g/mol. The number of thiophene rings is 1. The number of hydrogen-bond donors (Lipinski definition) is 1. The molecular formula is C11H7BrClFOS. The normalized spacial score (nSPS) is 12.8. The summed E-state index contributed by atoms with van der Waals surface area (Å²) in [6, 6.07) is 7.52. The summed E-state index contributed by atoms with van der Waals surface area (Å²) >= 11 is 10.5. The van der Waals surface area contributed by atoms with E-state index < -0.39 is 6.10 Å². The van der Waals surface area contributed by atoms with Crippen molar-refractivity contribution in [3.63, 3.8) is 0 Å². The first-order valence-electron chi connectivity index (χ1n) is 4.46. The molecule has 2 aromatic rings. The van der Waals surface area contributed by atoms with Crippen LogP contribution in [0.4, 0.5) is 4.39 Å². The molecule has 1 unspecified atom stereocenters. The Morgan fingerprint density at radius 3 is 2.44 bits per heavy atom. The Bertz CT molecular complexity index is 478. The standard InChI is InChI=1S/C11H7BrClFOS/c12-8-5-9(16-11(8)13)10(15)6-1-3-7(14)4-2-6/h1-5,10,15H. The Kier molecular flexibility index (Phi) is 3.64. The second kappa shape index (κ2) is 4.84. The van der Waals surface area contributed by atoms with E-state index in [1.165, 1.54) is 23.5 Å². The minimum atomic E-state index is -0.769. The molecule has 2 rings (SSSR count). The van der Waals surface area contributed by atoms with Gasteiger partial charge in [-0.3, -0.25) is 0 Å². The molecule has 84 valence electrons. The number of halogens is 3. The first-order chi connectivity index (χ1) is 7.58. The third-order valence-electron chi connectivity index (χ3n) is 2.12. The van der Waals surface area contributed by atoms with Gasteiger partial charge in [0.05, 0.1) is 0 Å². The van der Waals surface area contributed by atoms with Crippen molar-refractivity contribution in [3.05, 3.63) is 55.4 Å². The van der Waals surface area contributed by atoms with Crippen molar-refractivity contribution in [2.24, 2.45) is 0 Å². The van der Waals surface area contributed by atoms with Crippen molar-refractivity contribution in [2.75, 3.05) is 0 Å². The summed E-state index contributed by atoms with van der Waals surface area (Å²) in [5.41, 5.74) is 0.645. The maximum absolute atomic E-state index is 12.7. The SMILES string of the molecule is OC(c1ccc(F)cc1)c1cc(Br)c(Cl)s1. The Morgan fingerprint density at radius 2 is 1.94 bits per heavy atom. The molecule has 0 saturated carbocycles. The van der Waals surface area contributed by atoms with Gasteiger partial charge in [-0.2, -0.15) is 0 Å². The molecule has 1 aromatic carbocycles. The van der Waals surface area contributed by atoms with Crippen molar-refractivity contribution >= 4 is 38.9 Å². The van der Waals surface area contributed by atoms with E-state index in [1.54, 1.807) is 18.2 Å². The van der Waals surface area contributed by atoms with Gasteiger partial charge in [0, 0.05) is 9.35 Å². The van der Waals surface area contributed by atoms with Crippen LogP contribution < -0.4 is 0 Å². The second-order valence-electron chi connectivity index (χ2n) is 3.22. The minimum absolute atomic E-state index is 0.318. The van der Waals surface area contributed by atoms with Gasteiger partial charge < -0.3 is 5.11 Å². The van der Waals surface area contributed by atoms with Crippen LogP contribution in [0.3, 0.4) is 0 Å². The zero-order valence-corrected chi connectivity index (χ0v) is 11.1. The highest BCUT2D eigenvalue weighted by atomic mass is 79.9. The Hall–Kier alpha value is -0.420. The van der Waals surface area contributed by atoms with Crippen LogP contribution in [0, 0.1) is 5.82 Å². The summed E-state index contributed by atoms with van der Waals surface area (Å²) in [5, 5.41) is 10.0. The first kappa shape index (κ1) is 12.0. The fraction of sp³-hybridized carbons (Fsp3) is 0.0909. The molecule has 0 aliphatic carbocycles. The predicted octanol–water partition coefficient (Wildman–Crippen LogP) is 4.38. The molecule has 1 nitrogen and oxygen atoms in total. The van der Waals surface area contributed by atoms with E-state index in [2.05, 4.69) is 15.9 Å². The highest BCUT2D eigenvalue weighted by molar-refractivity contribution is 9.10. The van der Waals surface area contributed by atoms with Gasteiger partial charge in [-0.25, -0.2) is 4.39 Å². The zero-order valence-electron chi connectivity index (χ0n) is 7.95. The van der Waals surface area contributed by atoms with Crippen molar-refractivity contribution in [2.45, 2.75) is 6.10 Å². The summed E-state index contributed by atoms with van der Waals surface area (Å²) in [7, 11) is 0. The van der Waals surface area contributed by atoms with Crippen LogP contribution in [0.5, 0.6) is 0 Å². The fourth-order valence-corrected chi connectivity index (χ4v) is 3.06. The van der Waals surface area contributed by atoms with Crippen LogP contribution in [0.1, 0.15) is 16.5 Å². The van der Waals surface area contributed by atoms with Crippen LogP contribution in [-0.4, -0.2) is 5.11 Å². The van der Waals surface area contributed by atoms with E-state index in [9.17, 15) is 9.50 Å². The number of aliphatic hydroxyl groups excluding tert-OH is 1. The molecule has 0 bridgehead atoms. The van der Waals surface area contributed by atoms with E-state index in [-0.39, 0.29) is 5.82 Å². The molecule has 16 heavy (non-hydrogen) atoms. The summed E-state index contributed by atoms with van der Waals surface area (Å²) in [6.45, 7) is 0. The molecule has 1 N–H and O–H groups in total. The number of rotatable bonds is 2. The largest absolute Gasteiger partial charge is 0.383 e. The summed E-state index contributed by atoms with van der Waals surface area (Å²) in [4.78, 5) is 0.725. The van der Waals surface area contributed by atoms with E-state index in [4.69, 9.17) is 11.6 Å². The average Bonchev–Trinajstić information content (AvgIpc) is 2.59. The molecule has 0 aliphatic rings. The molecule has 0 saturated heterocycles. The lowest BCUT2D eigenvalue weighted by Gasteiger charge is -2.08. The molecule has 5 heteroatoms. The molecule has 0 radical (unpaired) electrons. The summed E-state index contributed by atoms with van der Waals surface area (Å²) < 4.78 is 14.1. The number of benzene rings is 1. The van der Waals surface area contributed by atoms with Crippen molar-refractivity contribution < 1.29 is 9.50 Å². The Balaban J connectivity index is 2.31. The van der Waals surface area contributed by atoms with E-state index in [0.29, 0.717) is 9.90 Å². The van der Waals surface area contributed by atoms with Crippen LogP contribution in [0.2, 0.25) is 4.34 Å². The summed E-state index contributed by atoms with van der Waals surface area (Å²) in [5.74, 6) is -0.318. The van der Waals surface area contributed by atoms with Gasteiger partial charge in [-0.15, -0.1) is 11.3 Å². The summed E-state index contributed by atoms with van der Waals surface area (Å²) in [6.07, 6.45) is -0.769. The predicted molar refractivity (Wildman–Crippen MR) is 67.5 cm³/mol. The molecule has 1 aromatic heterocycles. The highest BCUT2D eigenvalue weighted by Gasteiger charge is 2.15. The van der Waals surface area contributed by atoms with Crippen LogP contribution >= 0.6 is 38.9 Å². The zero-order chi connectivity index (χ0) is 11.7. The Morgan fingerprint density at radius 1 is 1.31 bits per heavy atom. The van der Waals surface area contributed by atoms with Gasteiger partial charge >= 0.3 is 0 Å². The van der Waals surface area contributed by atoms with E-state index in [0.717, 1.165) is 9.35 Å². The molecule has 0 amide bonds. The fourth-order valence-electron chi connectivity index (χ4n) is 1.31. The van der Waals surface area contributed by atoms with Gasteiger partial charge in [-0.05, 0) is 39.7 Å². The van der Waals surface area contributed by atoms with Crippen LogP contribution in [0.25, 0.3) is 0 Å². The third-order valence-corrected chi connectivity index (χ3v) is 4.65. The maximum atomic E-state index is 12.7. The quantitative estimate of drug-likeness (QED) is 0.870. The van der Waals surface area contributed by atoms with Gasteiger partial charge in [0.25, 0.3) is 0 Å². The lowest BCUT2D eigenvalue weighted by molar-refractivity contribution is 0.224. The highest BCUT2D eigenvalue weighted by Crippen LogP contribution is 2.37. The van der Waals surface area contributed by atoms with Gasteiger partial charge in [0.2, 0.25) is 0 Å². The van der Waals surface area contributed by atoms with Crippen LogP contribution in [-0.2, 0) is 0 Å². The second-order valence-corrected chi connectivity index (χ2v) is 5.76. The maximum Gasteiger partial charge on any atom is 0.123 e. The van der Waals surface area contributed by atoms with Crippen molar-refractivity contribution in [1.82, 2.24) is 0 Å². The molecule has 0 fully saturated rings. The van der Waals surface area contributed by atoms with Crippen molar-refractivity contribution in [1.29, 1.82) is 0 Å². The lowest BCUT2D eigenvalue weighted by Crippen LogP contribution is -1.96. The minimum Gasteiger partial charge on any atom is -0.383 e. The van der Waals surface area contributed by atoms with Gasteiger partial charge in [0.15, 0.2) is 0 Å². The third kappa shape index (κ3) is 2.46. The average molecular weight is 322 g/mol. The molecule has 0 spiro atoms. The van der Waals surface area contributed by atoms with Gasteiger partial charge in [-0.1, -0.05) is 23.7 Å². The van der Waals surface area contributed by atoms with Crippen LogP contribution in [0.15, 0.2) is 34.8 Å². The topological polar surface area (TPSA) is 20.2 Å². The molecule has 1 atom stereocenters.